The van der Waals surface area contributed by atoms with Crippen LogP contribution in [0.1, 0.15) is 25.7 Å². The van der Waals surface area contributed by atoms with Crippen LogP contribution in [0, 0.1) is 5.82 Å². The van der Waals surface area contributed by atoms with Crippen LogP contribution in [0.15, 0.2) is 24.3 Å². The Balaban J connectivity index is 1.69. The molecule has 0 spiro atoms. The Bertz CT molecular complexity index is 370. The third-order valence-electron chi connectivity index (χ3n) is 3.56. The third-order valence-corrected chi connectivity index (χ3v) is 3.56. The van der Waals surface area contributed by atoms with Crippen molar-refractivity contribution in [2.45, 2.75) is 43.9 Å². The maximum Gasteiger partial charge on any atom is 0.165 e. The molecule has 0 radical (unpaired) electrons. The van der Waals surface area contributed by atoms with E-state index in [4.69, 9.17) is 4.74 Å². The van der Waals surface area contributed by atoms with Crippen LogP contribution in [-0.2, 0) is 0 Å². The topological polar surface area (TPSA) is 21.3 Å². The molecule has 16 heavy (non-hydrogen) atoms. The normalized spacial score (nSPS) is 32.7. The minimum absolute atomic E-state index is 0.177. The number of piperidine rings is 1. The average Bonchev–Trinajstić information content (AvgIpc) is 2.62. The van der Waals surface area contributed by atoms with Crippen LogP contribution in [0.3, 0.4) is 0 Å². The van der Waals surface area contributed by atoms with E-state index in [0.717, 1.165) is 12.8 Å². The zero-order valence-electron chi connectivity index (χ0n) is 9.16. The van der Waals surface area contributed by atoms with Crippen LogP contribution >= 0.6 is 0 Å². The fourth-order valence-corrected chi connectivity index (χ4v) is 2.82. The first kappa shape index (κ1) is 10.1. The number of fused-ring (bicyclic) bond motifs is 2. The van der Waals surface area contributed by atoms with Crippen molar-refractivity contribution in [3.05, 3.63) is 30.1 Å². The largest absolute Gasteiger partial charge is 0.487 e. The van der Waals surface area contributed by atoms with Crippen LogP contribution in [0.4, 0.5) is 4.39 Å². The summed E-state index contributed by atoms with van der Waals surface area (Å²) in [4.78, 5) is 0. The lowest BCUT2D eigenvalue weighted by Gasteiger charge is -2.29. The highest BCUT2D eigenvalue weighted by Crippen LogP contribution is 2.30. The van der Waals surface area contributed by atoms with Crippen LogP contribution in [0.2, 0.25) is 0 Å². The van der Waals surface area contributed by atoms with Gasteiger partial charge in [-0.1, -0.05) is 12.1 Å². The zero-order chi connectivity index (χ0) is 11.0. The summed E-state index contributed by atoms with van der Waals surface area (Å²) >= 11 is 0. The molecule has 0 aliphatic carbocycles. The fourth-order valence-electron chi connectivity index (χ4n) is 2.82. The summed E-state index contributed by atoms with van der Waals surface area (Å²) in [5.74, 6) is 0.141. The van der Waals surface area contributed by atoms with Gasteiger partial charge in [0.1, 0.15) is 6.10 Å². The molecular weight excluding hydrogens is 205 g/mol. The van der Waals surface area contributed by atoms with Gasteiger partial charge in [0.25, 0.3) is 0 Å². The molecule has 1 unspecified atom stereocenters. The van der Waals surface area contributed by atoms with E-state index in [1.165, 1.54) is 18.9 Å². The summed E-state index contributed by atoms with van der Waals surface area (Å²) in [6.45, 7) is 0. The second-order valence-corrected chi connectivity index (χ2v) is 4.78. The van der Waals surface area contributed by atoms with Crippen molar-refractivity contribution in [1.82, 2.24) is 5.32 Å². The smallest absolute Gasteiger partial charge is 0.165 e. The van der Waals surface area contributed by atoms with Gasteiger partial charge in [-0.2, -0.15) is 0 Å². The molecule has 3 heteroatoms. The molecule has 1 aromatic carbocycles. The standard InChI is InChI=1S/C13H16FNO/c14-12-3-1-2-4-13(12)16-11-7-9-5-6-10(8-11)15-9/h1-4,9-11,15H,5-8H2/t9-,10+,11?. The van der Waals surface area contributed by atoms with E-state index in [2.05, 4.69) is 5.32 Å². The van der Waals surface area contributed by atoms with Gasteiger partial charge in [-0.05, 0) is 37.8 Å². The number of hydrogen-bond acceptors (Lipinski definition) is 2. The molecule has 0 saturated carbocycles. The van der Waals surface area contributed by atoms with Gasteiger partial charge in [0.2, 0.25) is 0 Å². The molecule has 3 atom stereocenters. The molecule has 3 rings (SSSR count). The first-order valence-electron chi connectivity index (χ1n) is 5.98. The number of nitrogens with one attached hydrogen (secondary N) is 1. The number of benzene rings is 1. The molecule has 2 nitrogen and oxygen atoms in total. The van der Waals surface area contributed by atoms with Gasteiger partial charge < -0.3 is 10.1 Å². The van der Waals surface area contributed by atoms with E-state index in [0.29, 0.717) is 17.8 Å². The monoisotopic (exact) mass is 221 g/mol. The van der Waals surface area contributed by atoms with Gasteiger partial charge in [-0.3, -0.25) is 0 Å². The minimum atomic E-state index is -0.256. The predicted octanol–water partition coefficient (Wildman–Crippen LogP) is 2.49. The molecule has 1 aromatic rings. The quantitative estimate of drug-likeness (QED) is 0.828. The maximum absolute atomic E-state index is 13.4. The first-order chi connectivity index (χ1) is 7.81. The Morgan fingerprint density at radius 2 is 1.81 bits per heavy atom. The lowest BCUT2D eigenvalue weighted by Crippen LogP contribution is -2.42. The second-order valence-electron chi connectivity index (χ2n) is 4.78. The molecule has 2 saturated heterocycles. The van der Waals surface area contributed by atoms with E-state index in [1.807, 2.05) is 6.07 Å². The predicted molar refractivity (Wildman–Crippen MR) is 60.0 cm³/mol. The lowest BCUT2D eigenvalue weighted by atomic mass is 10.0. The molecule has 0 amide bonds. The number of ether oxygens (including phenoxy) is 1. The van der Waals surface area contributed by atoms with Crippen molar-refractivity contribution >= 4 is 0 Å². The van der Waals surface area contributed by atoms with Crippen molar-refractivity contribution in [2.75, 3.05) is 0 Å². The van der Waals surface area contributed by atoms with Gasteiger partial charge in [0.05, 0.1) is 0 Å². The summed E-state index contributed by atoms with van der Waals surface area (Å²) in [6, 6.07) is 7.82. The highest BCUT2D eigenvalue weighted by molar-refractivity contribution is 5.24. The van der Waals surface area contributed by atoms with Gasteiger partial charge in [0.15, 0.2) is 11.6 Å². The van der Waals surface area contributed by atoms with Crippen LogP contribution < -0.4 is 10.1 Å². The Morgan fingerprint density at radius 1 is 1.12 bits per heavy atom. The Kier molecular flexibility index (Phi) is 2.56. The van der Waals surface area contributed by atoms with Crippen LogP contribution in [-0.4, -0.2) is 18.2 Å². The number of hydrogen-bond donors (Lipinski definition) is 1. The molecule has 2 aliphatic rings. The summed E-state index contributed by atoms with van der Waals surface area (Å²) < 4.78 is 19.2. The van der Waals surface area contributed by atoms with E-state index in [-0.39, 0.29) is 11.9 Å². The SMILES string of the molecule is Fc1ccccc1OC1C[C@H]2CC[C@@H](C1)N2. The fraction of sp³-hybridized carbons (Fsp3) is 0.538. The summed E-state index contributed by atoms with van der Waals surface area (Å²) in [5.41, 5.74) is 0. The van der Waals surface area contributed by atoms with E-state index in [1.54, 1.807) is 12.1 Å². The zero-order valence-corrected chi connectivity index (χ0v) is 9.16. The summed E-state index contributed by atoms with van der Waals surface area (Å²) in [6.07, 6.45) is 4.66. The maximum atomic E-state index is 13.4. The van der Waals surface area contributed by atoms with Gasteiger partial charge in [-0.15, -0.1) is 0 Å². The number of para-hydroxylation sites is 1. The van der Waals surface area contributed by atoms with Gasteiger partial charge in [0, 0.05) is 12.1 Å². The van der Waals surface area contributed by atoms with Crippen molar-refractivity contribution in [2.24, 2.45) is 0 Å². The second kappa shape index (κ2) is 4.06. The van der Waals surface area contributed by atoms with Gasteiger partial charge >= 0.3 is 0 Å². The average molecular weight is 221 g/mol. The van der Waals surface area contributed by atoms with Crippen LogP contribution in [0.25, 0.3) is 0 Å². The molecule has 0 aromatic heterocycles. The molecule has 1 N–H and O–H groups in total. The van der Waals surface area contributed by atoms with E-state index < -0.39 is 0 Å². The molecule has 2 bridgehead atoms. The Hall–Kier alpha value is -1.09. The first-order valence-corrected chi connectivity index (χ1v) is 5.98. The highest BCUT2D eigenvalue weighted by Gasteiger charge is 2.34. The van der Waals surface area contributed by atoms with E-state index in [9.17, 15) is 4.39 Å². The van der Waals surface area contributed by atoms with Crippen LogP contribution in [0.5, 0.6) is 5.75 Å². The Labute approximate surface area is 94.8 Å². The van der Waals surface area contributed by atoms with Crippen molar-refractivity contribution in [3.63, 3.8) is 0 Å². The summed E-state index contributed by atoms with van der Waals surface area (Å²) in [5, 5.41) is 3.55. The third kappa shape index (κ3) is 1.92. The summed E-state index contributed by atoms with van der Waals surface area (Å²) in [7, 11) is 0. The highest BCUT2D eigenvalue weighted by atomic mass is 19.1. The number of halogens is 1. The molecule has 2 fully saturated rings. The molecular formula is C13H16FNO. The van der Waals surface area contributed by atoms with Crippen molar-refractivity contribution in [3.8, 4) is 5.75 Å². The number of rotatable bonds is 2. The van der Waals surface area contributed by atoms with Crippen molar-refractivity contribution < 1.29 is 9.13 Å². The molecule has 86 valence electrons. The Morgan fingerprint density at radius 3 is 2.50 bits per heavy atom. The molecule has 2 heterocycles. The van der Waals surface area contributed by atoms with Crippen molar-refractivity contribution in [1.29, 1.82) is 0 Å². The van der Waals surface area contributed by atoms with Gasteiger partial charge in [-0.25, -0.2) is 4.39 Å². The van der Waals surface area contributed by atoms with E-state index >= 15 is 0 Å². The lowest BCUT2D eigenvalue weighted by molar-refractivity contribution is 0.132. The minimum Gasteiger partial charge on any atom is -0.487 e. The molecule has 2 aliphatic heterocycles.